The standard InChI is InChI=1S/C18H20INO2/c1-11-7-12(2)9-16(8-11)22-14(4)18(21)20-17-6-5-15(19)10-13(17)3/h5-10,14H,1-4H3,(H,20,21)/t14-/m1/s1. The molecule has 1 N–H and O–H groups in total. The van der Waals surface area contributed by atoms with Gasteiger partial charge in [-0.05, 0) is 97.3 Å². The van der Waals surface area contributed by atoms with Crippen molar-refractivity contribution in [1.82, 2.24) is 0 Å². The lowest BCUT2D eigenvalue weighted by atomic mass is 10.1. The molecule has 116 valence electrons. The van der Waals surface area contributed by atoms with Gasteiger partial charge in [-0.15, -0.1) is 0 Å². The van der Waals surface area contributed by atoms with Crippen molar-refractivity contribution in [3.63, 3.8) is 0 Å². The molecule has 0 spiro atoms. The molecule has 1 atom stereocenters. The maximum atomic E-state index is 12.3. The van der Waals surface area contributed by atoms with Gasteiger partial charge in [-0.1, -0.05) is 6.07 Å². The summed E-state index contributed by atoms with van der Waals surface area (Å²) in [6, 6.07) is 11.9. The molecule has 0 aromatic heterocycles. The highest BCUT2D eigenvalue weighted by molar-refractivity contribution is 14.1. The lowest BCUT2D eigenvalue weighted by Crippen LogP contribution is -2.30. The summed E-state index contributed by atoms with van der Waals surface area (Å²) in [6.07, 6.45) is -0.556. The van der Waals surface area contributed by atoms with E-state index >= 15 is 0 Å². The lowest BCUT2D eigenvalue weighted by Gasteiger charge is -2.16. The van der Waals surface area contributed by atoms with Crippen molar-refractivity contribution in [3.05, 3.63) is 56.7 Å². The second kappa shape index (κ2) is 7.13. The van der Waals surface area contributed by atoms with Crippen LogP contribution in [-0.4, -0.2) is 12.0 Å². The van der Waals surface area contributed by atoms with Gasteiger partial charge in [0.1, 0.15) is 5.75 Å². The van der Waals surface area contributed by atoms with E-state index in [0.717, 1.165) is 31.7 Å². The van der Waals surface area contributed by atoms with Crippen molar-refractivity contribution < 1.29 is 9.53 Å². The molecule has 0 aliphatic rings. The Morgan fingerprint density at radius 3 is 2.32 bits per heavy atom. The first kappa shape index (κ1) is 16.8. The van der Waals surface area contributed by atoms with Crippen molar-refractivity contribution in [1.29, 1.82) is 0 Å². The van der Waals surface area contributed by atoms with Crippen LogP contribution < -0.4 is 10.1 Å². The second-order valence-electron chi connectivity index (χ2n) is 5.53. The maximum absolute atomic E-state index is 12.3. The number of halogens is 1. The number of benzene rings is 2. The van der Waals surface area contributed by atoms with E-state index in [1.165, 1.54) is 0 Å². The van der Waals surface area contributed by atoms with Gasteiger partial charge in [0.05, 0.1) is 0 Å². The van der Waals surface area contributed by atoms with Gasteiger partial charge >= 0.3 is 0 Å². The van der Waals surface area contributed by atoms with Gasteiger partial charge in [-0.3, -0.25) is 4.79 Å². The third-order valence-corrected chi connectivity index (χ3v) is 3.99. The minimum atomic E-state index is -0.556. The highest BCUT2D eigenvalue weighted by atomic mass is 127. The number of carbonyl (C=O) groups excluding carboxylic acids is 1. The molecular formula is C18H20INO2. The van der Waals surface area contributed by atoms with Crippen molar-refractivity contribution in [2.24, 2.45) is 0 Å². The highest BCUT2D eigenvalue weighted by Gasteiger charge is 2.16. The SMILES string of the molecule is Cc1cc(C)cc(O[C@H](C)C(=O)Nc2ccc(I)cc2C)c1. The van der Waals surface area contributed by atoms with Crippen LogP contribution >= 0.6 is 22.6 Å². The summed E-state index contributed by atoms with van der Waals surface area (Å²) in [4.78, 5) is 12.3. The normalized spacial score (nSPS) is 11.9. The van der Waals surface area contributed by atoms with Crippen LogP contribution in [0.15, 0.2) is 36.4 Å². The molecule has 4 heteroatoms. The summed E-state index contributed by atoms with van der Waals surface area (Å²) < 4.78 is 6.91. The molecule has 0 aliphatic carbocycles. The highest BCUT2D eigenvalue weighted by Crippen LogP contribution is 2.20. The smallest absolute Gasteiger partial charge is 0.265 e. The number of hydrogen-bond acceptors (Lipinski definition) is 2. The van der Waals surface area contributed by atoms with E-state index < -0.39 is 6.10 Å². The summed E-state index contributed by atoms with van der Waals surface area (Å²) in [6.45, 7) is 7.77. The third-order valence-electron chi connectivity index (χ3n) is 3.32. The third kappa shape index (κ3) is 4.47. The van der Waals surface area contributed by atoms with Gasteiger partial charge < -0.3 is 10.1 Å². The first-order valence-electron chi connectivity index (χ1n) is 7.17. The Morgan fingerprint density at radius 2 is 1.73 bits per heavy atom. The van der Waals surface area contributed by atoms with E-state index in [1.807, 2.05) is 51.1 Å². The number of rotatable bonds is 4. The zero-order valence-corrected chi connectivity index (χ0v) is 15.4. The van der Waals surface area contributed by atoms with Crippen molar-refractivity contribution >= 4 is 34.2 Å². The Hall–Kier alpha value is -1.56. The maximum Gasteiger partial charge on any atom is 0.265 e. The fourth-order valence-electron chi connectivity index (χ4n) is 2.26. The number of nitrogens with one attached hydrogen (secondary N) is 1. The van der Waals surface area contributed by atoms with Crippen LogP contribution in [-0.2, 0) is 4.79 Å². The Kier molecular flexibility index (Phi) is 5.45. The molecule has 2 aromatic rings. The zero-order chi connectivity index (χ0) is 16.3. The minimum absolute atomic E-state index is 0.150. The Morgan fingerprint density at radius 1 is 1.09 bits per heavy atom. The van der Waals surface area contributed by atoms with Crippen molar-refractivity contribution in [2.45, 2.75) is 33.8 Å². The average Bonchev–Trinajstić information content (AvgIpc) is 2.40. The number of amides is 1. The molecule has 22 heavy (non-hydrogen) atoms. The molecule has 1 amide bonds. The summed E-state index contributed by atoms with van der Waals surface area (Å²) >= 11 is 2.25. The van der Waals surface area contributed by atoms with E-state index in [1.54, 1.807) is 6.92 Å². The van der Waals surface area contributed by atoms with Gasteiger partial charge in [0.15, 0.2) is 6.10 Å². The Balaban J connectivity index is 2.05. The molecular weight excluding hydrogens is 389 g/mol. The van der Waals surface area contributed by atoms with Crippen LogP contribution in [0.3, 0.4) is 0 Å². The van der Waals surface area contributed by atoms with Crippen LogP contribution in [0, 0.1) is 24.3 Å². The van der Waals surface area contributed by atoms with Crippen LogP contribution in [0.25, 0.3) is 0 Å². The van der Waals surface area contributed by atoms with Gasteiger partial charge in [-0.25, -0.2) is 0 Å². The first-order valence-corrected chi connectivity index (χ1v) is 8.25. The molecule has 0 bridgehead atoms. The molecule has 0 saturated carbocycles. The lowest BCUT2D eigenvalue weighted by molar-refractivity contribution is -0.122. The Bertz CT molecular complexity index is 677. The largest absolute Gasteiger partial charge is 0.481 e. The van der Waals surface area contributed by atoms with E-state index in [4.69, 9.17) is 4.74 Å². The number of hydrogen-bond donors (Lipinski definition) is 1. The van der Waals surface area contributed by atoms with Crippen LogP contribution in [0.1, 0.15) is 23.6 Å². The summed E-state index contributed by atoms with van der Waals surface area (Å²) in [5.41, 5.74) is 4.10. The van der Waals surface area contributed by atoms with Crippen LogP contribution in [0.2, 0.25) is 0 Å². The molecule has 3 nitrogen and oxygen atoms in total. The predicted molar refractivity (Wildman–Crippen MR) is 98.5 cm³/mol. The van der Waals surface area contributed by atoms with Gasteiger partial charge in [0, 0.05) is 9.26 Å². The van der Waals surface area contributed by atoms with Crippen molar-refractivity contribution in [2.75, 3.05) is 5.32 Å². The van der Waals surface area contributed by atoms with E-state index in [-0.39, 0.29) is 5.91 Å². The Labute approximate surface area is 145 Å². The number of carbonyl (C=O) groups is 1. The topological polar surface area (TPSA) is 38.3 Å². The van der Waals surface area contributed by atoms with Gasteiger partial charge in [-0.2, -0.15) is 0 Å². The molecule has 2 aromatic carbocycles. The summed E-state index contributed by atoms with van der Waals surface area (Å²) in [5.74, 6) is 0.572. The van der Waals surface area contributed by atoms with E-state index in [0.29, 0.717) is 0 Å². The molecule has 0 unspecified atom stereocenters. The molecule has 0 fully saturated rings. The molecule has 2 rings (SSSR count). The average molecular weight is 409 g/mol. The first-order chi connectivity index (χ1) is 10.3. The van der Waals surface area contributed by atoms with Gasteiger partial charge in [0.25, 0.3) is 5.91 Å². The molecule has 0 saturated heterocycles. The van der Waals surface area contributed by atoms with Crippen LogP contribution in [0.5, 0.6) is 5.75 Å². The number of ether oxygens (including phenoxy) is 1. The summed E-state index contributed by atoms with van der Waals surface area (Å²) in [5, 5.41) is 2.92. The minimum Gasteiger partial charge on any atom is -0.481 e. The fourth-order valence-corrected chi connectivity index (χ4v) is 2.91. The van der Waals surface area contributed by atoms with E-state index in [2.05, 4.69) is 34.0 Å². The van der Waals surface area contributed by atoms with Gasteiger partial charge in [0.2, 0.25) is 0 Å². The number of aryl methyl sites for hydroxylation is 3. The molecule has 0 aliphatic heterocycles. The van der Waals surface area contributed by atoms with E-state index in [9.17, 15) is 4.79 Å². The van der Waals surface area contributed by atoms with Crippen LogP contribution in [0.4, 0.5) is 5.69 Å². The molecule has 0 radical (unpaired) electrons. The monoisotopic (exact) mass is 409 g/mol. The number of anilines is 1. The second-order valence-corrected chi connectivity index (χ2v) is 6.78. The quantitative estimate of drug-likeness (QED) is 0.749. The zero-order valence-electron chi connectivity index (χ0n) is 13.2. The fraction of sp³-hybridized carbons (Fsp3) is 0.278. The predicted octanol–water partition coefficient (Wildman–Crippen LogP) is 4.62. The van der Waals surface area contributed by atoms with Crippen molar-refractivity contribution in [3.8, 4) is 5.75 Å². The summed E-state index contributed by atoms with van der Waals surface area (Å²) in [7, 11) is 0. The molecule has 0 heterocycles.